The van der Waals surface area contributed by atoms with Crippen LogP contribution in [-0.2, 0) is 26.5 Å². The van der Waals surface area contributed by atoms with Crippen LogP contribution in [-0.4, -0.2) is 68.2 Å². The van der Waals surface area contributed by atoms with Gasteiger partial charge in [-0.2, -0.15) is 0 Å². The number of carbonyl (C=O) groups is 3. The number of rotatable bonds is 10. The van der Waals surface area contributed by atoms with Crippen molar-refractivity contribution in [1.29, 1.82) is 0 Å². The van der Waals surface area contributed by atoms with Crippen LogP contribution in [0, 0.1) is 16.0 Å². The molecular weight excluding hydrogens is 532 g/mol. The molecule has 41 heavy (non-hydrogen) atoms. The molecule has 3 amide bonds. The Balaban J connectivity index is 1.57. The Morgan fingerprint density at radius 2 is 1.93 bits per heavy atom. The molecule has 4 atom stereocenters. The van der Waals surface area contributed by atoms with Crippen LogP contribution in [0.1, 0.15) is 44.2 Å². The Morgan fingerprint density at radius 1 is 1.22 bits per heavy atom. The second-order valence-corrected chi connectivity index (χ2v) is 10.5. The molecule has 2 aromatic rings. The van der Waals surface area contributed by atoms with E-state index < -0.39 is 34.4 Å². The number of anilines is 2. The fourth-order valence-corrected chi connectivity index (χ4v) is 5.31. The van der Waals surface area contributed by atoms with E-state index in [1.54, 1.807) is 48.2 Å². The smallest absolute Gasteiger partial charge is 0.269 e. The van der Waals surface area contributed by atoms with Gasteiger partial charge in [0.25, 0.3) is 17.5 Å². The van der Waals surface area contributed by atoms with E-state index in [0.29, 0.717) is 23.5 Å². The zero-order chi connectivity index (χ0) is 29.9. The molecule has 1 fully saturated rings. The number of nitrogens with zero attached hydrogens (tertiary/aromatic N) is 3. The molecule has 0 aliphatic carbocycles. The molecular formula is C29H34N4O8. The molecule has 0 radical (unpaired) electrons. The highest BCUT2D eigenvalue weighted by molar-refractivity contribution is 6.07. The predicted molar refractivity (Wildman–Crippen MR) is 150 cm³/mol. The molecule has 2 aliphatic rings. The van der Waals surface area contributed by atoms with Crippen molar-refractivity contribution in [2.45, 2.75) is 57.4 Å². The lowest BCUT2D eigenvalue weighted by Gasteiger charge is -2.28. The largest absolute Gasteiger partial charge is 0.394 e. The van der Waals surface area contributed by atoms with Gasteiger partial charge in [0.05, 0.1) is 29.8 Å². The molecule has 0 aromatic heterocycles. The van der Waals surface area contributed by atoms with Crippen molar-refractivity contribution in [2.24, 2.45) is 5.92 Å². The van der Waals surface area contributed by atoms with Crippen molar-refractivity contribution in [1.82, 2.24) is 4.90 Å². The van der Waals surface area contributed by atoms with Crippen molar-refractivity contribution in [2.75, 3.05) is 23.4 Å². The van der Waals surface area contributed by atoms with Crippen LogP contribution < -0.4 is 10.2 Å². The second kappa shape index (κ2) is 12.2. The van der Waals surface area contributed by atoms with E-state index in [1.807, 2.05) is 0 Å². The third-order valence-corrected chi connectivity index (χ3v) is 7.69. The van der Waals surface area contributed by atoms with Gasteiger partial charge in [0, 0.05) is 42.3 Å². The summed E-state index contributed by atoms with van der Waals surface area (Å²) in [7, 11) is 0. The van der Waals surface area contributed by atoms with Gasteiger partial charge < -0.3 is 30.4 Å². The Bertz CT molecular complexity index is 1360. The summed E-state index contributed by atoms with van der Waals surface area (Å²) in [5, 5.41) is 44.8. The van der Waals surface area contributed by atoms with E-state index in [4.69, 9.17) is 0 Å². The monoisotopic (exact) mass is 566 g/mol. The number of hydrogen-bond acceptors (Lipinski definition) is 8. The number of carbonyl (C=O) groups excluding carboxylic acids is 3. The van der Waals surface area contributed by atoms with E-state index in [1.165, 1.54) is 30.0 Å². The van der Waals surface area contributed by atoms with E-state index in [2.05, 4.69) is 5.32 Å². The molecule has 12 nitrogen and oxygen atoms in total. The minimum absolute atomic E-state index is 0.0224. The van der Waals surface area contributed by atoms with E-state index in [9.17, 15) is 39.8 Å². The summed E-state index contributed by atoms with van der Waals surface area (Å²) in [6.07, 6.45) is 3.53. The van der Waals surface area contributed by atoms with E-state index in [0.717, 1.165) is 12.8 Å². The molecule has 0 bridgehead atoms. The third kappa shape index (κ3) is 5.99. The van der Waals surface area contributed by atoms with Crippen molar-refractivity contribution in [3.8, 4) is 0 Å². The molecule has 2 aromatic carbocycles. The summed E-state index contributed by atoms with van der Waals surface area (Å²) in [5.41, 5.74) is -0.847. The minimum Gasteiger partial charge on any atom is -0.394 e. The summed E-state index contributed by atoms with van der Waals surface area (Å²) in [6.45, 7) is 3.46. The van der Waals surface area contributed by atoms with Crippen LogP contribution in [0.2, 0.25) is 0 Å². The molecule has 2 aliphatic heterocycles. The van der Waals surface area contributed by atoms with Crippen molar-refractivity contribution < 1.29 is 34.6 Å². The van der Waals surface area contributed by atoms with E-state index >= 15 is 0 Å². The summed E-state index contributed by atoms with van der Waals surface area (Å²) in [4.78, 5) is 52.1. The molecule has 0 spiro atoms. The van der Waals surface area contributed by atoms with Gasteiger partial charge in [-0.25, -0.2) is 0 Å². The van der Waals surface area contributed by atoms with Gasteiger partial charge in [-0.1, -0.05) is 31.2 Å². The van der Waals surface area contributed by atoms with Crippen molar-refractivity contribution in [3.63, 3.8) is 0 Å². The first-order valence-electron chi connectivity index (χ1n) is 13.5. The van der Waals surface area contributed by atoms with Gasteiger partial charge in [0.2, 0.25) is 5.91 Å². The summed E-state index contributed by atoms with van der Waals surface area (Å²) in [6, 6.07) is 10.3. The zero-order valence-corrected chi connectivity index (χ0v) is 22.9. The number of likely N-dealkylation sites (tertiary alicyclic amines) is 1. The first-order valence-corrected chi connectivity index (χ1v) is 13.5. The Hall–Kier alpha value is -4.13. The Morgan fingerprint density at radius 3 is 2.56 bits per heavy atom. The molecule has 4 rings (SSSR count). The van der Waals surface area contributed by atoms with Gasteiger partial charge in [-0.3, -0.25) is 24.5 Å². The molecule has 0 saturated carbocycles. The number of nitrogens with one attached hydrogen (secondary N) is 1. The first kappa shape index (κ1) is 29.8. The topological polar surface area (TPSA) is 174 Å². The molecule has 0 unspecified atom stereocenters. The van der Waals surface area contributed by atoms with Gasteiger partial charge in [-0.05, 0) is 43.5 Å². The van der Waals surface area contributed by atoms with E-state index in [-0.39, 0.29) is 42.8 Å². The average Bonchev–Trinajstić information content (AvgIpc) is 3.51. The zero-order valence-electron chi connectivity index (χ0n) is 22.9. The van der Waals surface area contributed by atoms with Crippen molar-refractivity contribution >= 4 is 34.8 Å². The Labute approximate surface area is 237 Å². The lowest BCUT2D eigenvalue weighted by atomic mass is 9.82. The number of amides is 3. The average molecular weight is 567 g/mol. The summed E-state index contributed by atoms with van der Waals surface area (Å²) >= 11 is 0. The number of non-ortho nitro benzene ring substituents is 1. The van der Waals surface area contributed by atoms with Crippen LogP contribution in [0.5, 0.6) is 0 Å². The number of hydrogen-bond donors (Lipinski definition) is 4. The molecule has 4 N–H and O–H groups in total. The van der Waals surface area contributed by atoms with Crippen molar-refractivity contribution in [3.05, 3.63) is 75.9 Å². The SMILES string of the molecule is C[C@H](O)C(=O)Nc1ccc(CN2C(=O)[C@](O)([C@H](C)/C=C/CC(=O)N3CCC[C@H]3CO)c3cc([N+](=O)[O-])ccc32)cc1. The van der Waals surface area contributed by atoms with Gasteiger partial charge >= 0.3 is 0 Å². The number of nitro groups is 1. The lowest BCUT2D eigenvalue weighted by molar-refractivity contribution is -0.385. The van der Waals surface area contributed by atoms with Crippen LogP contribution in [0.4, 0.5) is 17.1 Å². The Kier molecular flexibility index (Phi) is 8.86. The summed E-state index contributed by atoms with van der Waals surface area (Å²) < 4.78 is 0. The van der Waals surface area contributed by atoms with Gasteiger partial charge in [0.15, 0.2) is 5.60 Å². The van der Waals surface area contributed by atoms with Gasteiger partial charge in [-0.15, -0.1) is 0 Å². The standard InChI is InChI=1S/C29H34N4O8/c1-18(5-3-7-26(36)31-14-4-6-23(31)17-34)29(39)24-15-22(33(40)41)12-13-25(24)32(28(29)38)16-20-8-10-21(11-9-20)30-27(37)19(2)35/h3,5,8-13,15,18-19,23,34-35,39H,4,6-7,14,16-17H2,1-2H3,(H,30,37)/b5-3+/t18-,19+,23+,29+/m1/s1. The quantitative estimate of drug-likeness (QED) is 0.192. The fourth-order valence-electron chi connectivity index (χ4n) is 5.31. The number of benzene rings is 2. The number of fused-ring (bicyclic) bond motifs is 1. The normalized spacial score (nSPS) is 21.7. The maximum Gasteiger partial charge on any atom is 0.269 e. The van der Waals surface area contributed by atoms with Crippen LogP contribution in [0.15, 0.2) is 54.6 Å². The van der Waals surface area contributed by atoms with Crippen LogP contribution in [0.3, 0.4) is 0 Å². The molecule has 218 valence electrons. The van der Waals surface area contributed by atoms with Crippen LogP contribution in [0.25, 0.3) is 0 Å². The summed E-state index contributed by atoms with van der Waals surface area (Å²) in [5.74, 6) is -2.23. The number of aliphatic hydroxyl groups is 3. The highest BCUT2D eigenvalue weighted by atomic mass is 16.6. The first-order chi connectivity index (χ1) is 19.5. The minimum atomic E-state index is -2.12. The number of aliphatic hydroxyl groups excluding tert-OH is 2. The maximum atomic E-state index is 13.8. The fraction of sp³-hybridized carbons (Fsp3) is 0.414. The lowest BCUT2D eigenvalue weighted by Crippen LogP contribution is -2.44. The third-order valence-electron chi connectivity index (χ3n) is 7.69. The maximum absolute atomic E-state index is 13.8. The highest BCUT2D eigenvalue weighted by Crippen LogP contribution is 2.47. The highest BCUT2D eigenvalue weighted by Gasteiger charge is 2.53. The van der Waals surface area contributed by atoms with Crippen LogP contribution >= 0.6 is 0 Å². The molecule has 1 saturated heterocycles. The molecule has 2 heterocycles. The predicted octanol–water partition coefficient (Wildman–Crippen LogP) is 2.21. The molecule has 12 heteroatoms. The van der Waals surface area contributed by atoms with Gasteiger partial charge in [0.1, 0.15) is 6.10 Å². The second-order valence-electron chi connectivity index (χ2n) is 10.5. The number of nitro benzene ring substituents is 1.